The maximum atomic E-state index is 13.0. The van der Waals surface area contributed by atoms with Crippen LogP contribution in [0.4, 0.5) is 29.3 Å². The molecule has 2 aliphatic heterocycles. The zero-order valence-corrected chi connectivity index (χ0v) is 18.8. The Kier molecular flexibility index (Phi) is 7.31. The third-order valence-corrected chi connectivity index (χ3v) is 6.11. The molecule has 0 saturated carbocycles. The molecule has 2 aromatic carbocycles. The van der Waals surface area contributed by atoms with E-state index in [0.717, 1.165) is 6.07 Å². The highest BCUT2D eigenvalue weighted by atomic mass is 35.5. The van der Waals surface area contributed by atoms with Gasteiger partial charge >= 0.3 is 12.2 Å². The first-order valence-electron chi connectivity index (χ1n) is 10.9. The zero-order valence-electron chi connectivity index (χ0n) is 18.0. The number of hydrogen-bond acceptors (Lipinski definition) is 4. The second kappa shape index (κ2) is 10.2. The van der Waals surface area contributed by atoms with Crippen molar-refractivity contribution in [3.05, 3.63) is 59.1 Å². The van der Waals surface area contributed by atoms with Gasteiger partial charge in [-0.05, 0) is 36.4 Å². The van der Waals surface area contributed by atoms with Crippen molar-refractivity contribution in [2.45, 2.75) is 12.3 Å². The number of nitrogens with zero attached hydrogens (tertiary/aromatic N) is 3. The molecule has 0 radical (unpaired) electrons. The summed E-state index contributed by atoms with van der Waals surface area (Å²) in [5.74, 6) is 0. The standard InChI is InChI=1S/C23H26ClF3N4O2/c24-18-4-2-5-19(14-18)28-22(32)31-11-12-33-21(16-31)15-29-7-9-30(10-8-29)20-6-1-3-17(13-20)23(25,26)27/h1-6,13-14,21H,7-12,15-16H2,(H,28,32). The first-order chi connectivity index (χ1) is 15.8. The lowest BCUT2D eigenvalue weighted by molar-refractivity contribution is -0.137. The molecular formula is C23H26ClF3N4O2. The third kappa shape index (κ3) is 6.31. The maximum absolute atomic E-state index is 13.0. The highest BCUT2D eigenvalue weighted by Crippen LogP contribution is 2.32. The number of amides is 2. The molecule has 0 bridgehead atoms. The van der Waals surface area contributed by atoms with E-state index in [-0.39, 0.29) is 12.1 Å². The van der Waals surface area contributed by atoms with Gasteiger partial charge in [-0.3, -0.25) is 4.90 Å². The summed E-state index contributed by atoms with van der Waals surface area (Å²) in [7, 11) is 0. The molecule has 2 heterocycles. The minimum atomic E-state index is -4.35. The van der Waals surface area contributed by atoms with Crippen molar-refractivity contribution in [1.82, 2.24) is 9.80 Å². The first-order valence-corrected chi connectivity index (χ1v) is 11.2. The van der Waals surface area contributed by atoms with E-state index in [1.54, 1.807) is 35.2 Å². The summed E-state index contributed by atoms with van der Waals surface area (Å²) >= 11 is 5.98. The monoisotopic (exact) mass is 482 g/mol. The fourth-order valence-corrected chi connectivity index (χ4v) is 4.33. The van der Waals surface area contributed by atoms with Crippen molar-refractivity contribution >= 4 is 29.0 Å². The molecule has 6 nitrogen and oxygen atoms in total. The molecule has 178 valence electrons. The Morgan fingerprint density at radius 1 is 1.06 bits per heavy atom. The quantitative estimate of drug-likeness (QED) is 0.701. The number of hydrogen-bond donors (Lipinski definition) is 1. The van der Waals surface area contributed by atoms with Crippen molar-refractivity contribution in [1.29, 1.82) is 0 Å². The van der Waals surface area contributed by atoms with Gasteiger partial charge in [-0.25, -0.2) is 4.79 Å². The number of rotatable bonds is 4. The Morgan fingerprint density at radius 3 is 2.55 bits per heavy atom. The van der Waals surface area contributed by atoms with Crippen LogP contribution >= 0.6 is 11.6 Å². The van der Waals surface area contributed by atoms with Gasteiger partial charge in [0.05, 0.1) is 18.3 Å². The Morgan fingerprint density at radius 2 is 1.82 bits per heavy atom. The number of morpholine rings is 1. The summed E-state index contributed by atoms with van der Waals surface area (Å²) in [6, 6.07) is 12.3. The summed E-state index contributed by atoms with van der Waals surface area (Å²) < 4.78 is 44.9. The van der Waals surface area contributed by atoms with Gasteiger partial charge < -0.3 is 19.9 Å². The highest BCUT2D eigenvalue weighted by Gasteiger charge is 2.31. The van der Waals surface area contributed by atoms with E-state index < -0.39 is 11.7 Å². The number of urea groups is 1. The molecule has 4 rings (SSSR count). The first kappa shape index (κ1) is 23.7. The number of carbonyl (C=O) groups excluding carboxylic acids is 1. The summed E-state index contributed by atoms with van der Waals surface area (Å²) in [6.07, 6.45) is -4.47. The minimum absolute atomic E-state index is 0.121. The van der Waals surface area contributed by atoms with Crippen LogP contribution in [0.1, 0.15) is 5.56 Å². The fraction of sp³-hybridized carbons (Fsp3) is 0.435. The Hall–Kier alpha value is -2.49. The van der Waals surface area contributed by atoms with Crippen LogP contribution in [0.25, 0.3) is 0 Å². The SMILES string of the molecule is O=C(Nc1cccc(Cl)c1)N1CCOC(CN2CCN(c3cccc(C(F)(F)F)c3)CC2)C1. The molecule has 2 aromatic rings. The van der Waals surface area contributed by atoms with E-state index in [1.165, 1.54) is 12.1 Å². The number of halogens is 4. The van der Waals surface area contributed by atoms with E-state index in [2.05, 4.69) is 10.2 Å². The van der Waals surface area contributed by atoms with Crippen molar-refractivity contribution in [3.8, 4) is 0 Å². The average molecular weight is 483 g/mol. The van der Waals surface area contributed by atoms with Gasteiger partial charge in [0.1, 0.15) is 0 Å². The normalized spacial score (nSPS) is 20.1. The smallest absolute Gasteiger partial charge is 0.373 e. The van der Waals surface area contributed by atoms with Gasteiger partial charge in [0.2, 0.25) is 0 Å². The summed E-state index contributed by atoms with van der Waals surface area (Å²) in [6.45, 7) is 4.79. The van der Waals surface area contributed by atoms with E-state index in [9.17, 15) is 18.0 Å². The Bertz CT molecular complexity index is 967. The molecule has 1 unspecified atom stereocenters. The Balaban J connectivity index is 1.27. The molecule has 1 N–H and O–H groups in total. The molecule has 0 aromatic heterocycles. The number of carbonyl (C=O) groups is 1. The van der Waals surface area contributed by atoms with E-state index in [0.29, 0.717) is 68.8 Å². The number of benzene rings is 2. The number of anilines is 2. The molecule has 33 heavy (non-hydrogen) atoms. The molecule has 0 aliphatic carbocycles. The maximum Gasteiger partial charge on any atom is 0.416 e. The molecule has 10 heteroatoms. The summed E-state index contributed by atoms with van der Waals surface area (Å²) in [4.78, 5) is 18.6. The van der Waals surface area contributed by atoms with Crippen LogP contribution in [-0.2, 0) is 10.9 Å². The van der Waals surface area contributed by atoms with Crippen LogP contribution in [0, 0.1) is 0 Å². The van der Waals surface area contributed by atoms with Crippen LogP contribution in [0.15, 0.2) is 48.5 Å². The van der Waals surface area contributed by atoms with Crippen molar-refractivity contribution < 1.29 is 22.7 Å². The van der Waals surface area contributed by atoms with Gasteiger partial charge in [-0.1, -0.05) is 23.7 Å². The second-order valence-electron chi connectivity index (χ2n) is 8.22. The lowest BCUT2D eigenvalue weighted by Crippen LogP contribution is -2.54. The average Bonchev–Trinajstić information content (AvgIpc) is 2.79. The van der Waals surface area contributed by atoms with Crippen molar-refractivity contribution in [2.24, 2.45) is 0 Å². The summed E-state index contributed by atoms with van der Waals surface area (Å²) in [5, 5.41) is 3.42. The van der Waals surface area contributed by atoms with Crippen molar-refractivity contribution in [2.75, 3.05) is 62.6 Å². The number of piperazine rings is 1. The van der Waals surface area contributed by atoms with Crippen LogP contribution in [-0.4, -0.2) is 74.4 Å². The molecule has 2 fully saturated rings. The number of ether oxygens (including phenoxy) is 1. The molecule has 2 amide bonds. The summed E-state index contributed by atoms with van der Waals surface area (Å²) in [5.41, 5.74) is 0.595. The fourth-order valence-electron chi connectivity index (χ4n) is 4.14. The lowest BCUT2D eigenvalue weighted by atomic mass is 10.1. The zero-order chi connectivity index (χ0) is 23.4. The highest BCUT2D eigenvalue weighted by molar-refractivity contribution is 6.30. The van der Waals surface area contributed by atoms with Gasteiger partial charge in [-0.15, -0.1) is 0 Å². The second-order valence-corrected chi connectivity index (χ2v) is 8.65. The van der Waals surface area contributed by atoms with Crippen LogP contribution in [0.2, 0.25) is 5.02 Å². The van der Waals surface area contributed by atoms with E-state index in [4.69, 9.17) is 16.3 Å². The number of alkyl halides is 3. The third-order valence-electron chi connectivity index (χ3n) is 5.87. The molecule has 2 aliphatic rings. The largest absolute Gasteiger partial charge is 0.416 e. The van der Waals surface area contributed by atoms with Gasteiger partial charge in [0.25, 0.3) is 0 Å². The molecule has 1 atom stereocenters. The van der Waals surface area contributed by atoms with Gasteiger partial charge in [0.15, 0.2) is 0 Å². The van der Waals surface area contributed by atoms with Gasteiger partial charge in [-0.2, -0.15) is 13.2 Å². The van der Waals surface area contributed by atoms with Crippen LogP contribution in [0.3, 0.4) is 0 Å². The predicted molar refractivity (Wildman–Crippen MR) is 122 cm³/mol. The van der Waals surface area contributed by atoms with Crippen LogP contribution in [0.5, 0.6) is 0 Å². The van der Waals surface area contributed by atoms with E-state index in [1.807, 2.05) is 4.90 Å². The van der Waals surface area contributed by atoms with Crippen molar-refractivity contribution in [3.63, 3.8) is 0 Å². The van der Waals surface area contributed by atoms with E-state index >= 15 is 0 Å². The molecule has 0 spiro atoms. The predicted octanol–water partition coefficient (Wildman–Crippen LogP) is 4.41. The number of nitrogens with one attached hydrogen (secondary N) is 1. The minimum Gasteiger partial charge on any atom is -0.373 e. The topological polar surface area (TPSA) is 48.1 Å². The Labute approximate surface area is 195 Å². The van der Waals surface area contributed by atoms with Crippen LogP contribution < -0.4 is 10.2 Å². The lowest BCUT2D eigenvalue weighted by Gasteiger charge is -2.40. The van der Waals surface area contributed by atoms with Gasteiger partial charge in [0, 0.05) is 62.2 Å². The molecular weight excluding hydrogens is 457 g/mol. The molecule has 2 saturated heterocycles.